The molecule has 21 heavy (non-hydrogen) atoms. The van der Waals surface area contributed by atoms with Gasteiger partial charge in [0.25, 0.3) is 5.91 Å². The molecule has 0 fully saturated rings. The molecule has 108 valence electrons. The van der Waals surface area contributed by atoms with Crippen LogP contribution < -0.4 is 11.1 Å². The average molecular weight is 350 g/mol. The first-order valence-corrected chi connectivity index (χ1v) is 6.79. The fourth-order valence-electron chi connectivity index (χ4n) is 1.73. The lowest BCUT2D eigenvalue weighted by molar-refractivity contribution is 0.0698. The lowest BCUT2D eigenvalue weighted by Crippen LogP contribution is -2.15. The minimum Gasteiger partial charge on any atom is -0.478 e. The third-order valence-corrected chi connectivity index (χ3v) is 3.24. The molecular weight excluding hydrogens is 338 g/mol. The lowest BCUT2D eigenvalue weighted by Gasteiger charge is -2.09. The SMILES string of the molecule is NCc1cc(C(=O)Nc2ccc(Br)cc2C(=O)O)ccn1. The van der Waals surface area contributed by atoms with Gasteiger partial charge in [-0.25, -0.2) is 4.79 Å². The molecule has 0 saturated heterocycles. The highest BCUT2D eigenvalue weighted by Gasteiger charge is 2.14. The predicted octanol–water partition coefficient (Wildman–Crippen LogP) is 2.25. The number of nitrogens with zero attached hydrogens (tertiary/aromatic N) is 1. The zero-order valence-corrected chi connectivity index (χ0v) is 12.4. The van der Waals surface area contributed by atoms with Crippen LogP contribution in [0.5, 0.6) is 0 Å². The van der Waals surface area contributed by atoms with Gasteiger partial charge in [-0.15, -0.1) is 0 Å². The molecule has 0 atom stereocenters. The van der Waals surface area contributed by atoms with Gasteiger partial charge < -0.3 is 16.2 Å². The van der Waals surface area contributed by atoms with Crippen molar-refractivity contribution >= 4 is 33.5 Å². The maximum absolute atomic E-state index is 12.2. The molecule has 6 nitrogen and oxygen atoms in total. The second-order valence-corrected chi connectivity index (χ2v) is 5.10. The van der Waals surface area contributed by atoms with E-state index in [1.54, 1.807) is 12.1 Å². The van der Waals surface area contributed by atoms with Crippen LogP contribution in [0.2, 0.25) is 0 Å². The van der Waals surface area contributed by atoms with Crippen molar-refractivity contribution in [2.24, 2.45) is 5.73 Å². The van der Waals surface area contributed by atoms with Crippen molar-refractivity contribution in [3.63, 3.8) is 0 Å². The van der Waals surface area contributed by atoms with E-state index in [1.165, 1.54) is 24.4 Å². The van der Waals surface area contributed by atoms with Crippen molar-refractivity contribution in [3.05, 3.63) is 57.8 Å². The highest BCUT2D eigenvalue weighted by molar-refractivity contribution is 9.10. The topological polar surface area (TPSA) is 105 Å². The van der Waals surface area contributed by atoms with Crippen LogP contribution in [0.1, 0.15) is 26.4 Å². The Bertz CT molecular complexity index is 704. The summed E-state index contributed by atoms with van der Waals surface area (Å²) in [4.78, 5) is 27.4. The largest absolute Gasteiger partial charge is 0.478 e. The summed E-state index contributed by atoms with van der Waals surface area (Å²) in [5, 5.41) is 11.7. The number of aromatic nitrogens is 1. The van der Waals surface area contributed by atoms with E-state index in [2.05, 4.69) is 26.2 Å². The van der Waals surface area contributed by atoms with E-state index in [9.17, 15) is 9.59 Å². The molecule has 0 aliphatic heterocycles. The van der Waals surface area contributed by atoms with Gasteiger partial charge in [-0.1, -0.05) is 15.9 Å². The highest BCUT2D eigenvalue weighted by atomic mass is 79.9. The van der Waals surface area contributed by atoms with E-state index in [0.29, 0.717) is 15.7 Å². The number of nitrogens with one attached hydrogen (secondary N) is 1. The van der Waals surface area contributed by atoms with Gasteiger partial charge in [-0.05, 0) is 30.3 Å². The third-order valence-electron chi connectivity index (χ3n) is 2.75. The highest BCUT2D eigenvalue weighted by Crippen LogP contribution is 2.21. The molecule has 0 aliphatic carbocycles. The van der Waals surface area contributed by atoms with Crippen molar-refractivity contribution < 1.29 is 14.7 Å². The molecule has 0 aliphatic rings. The van der Waals surface area contributed by atoms with Gasteiger partial charge >= 0.3 is 5.97 Å². The Kier molecular flexibility index (Phi) is 4.66. The van der Waals surface area contributed by atoms with Crippen LogP contribution in [0.25, 0.3) is 0 Å². The number of anilines is 1. The first-order valence-electron chi connectivity index (χ1n) is 6.00. The van der Waals surface area contributed by atoms with Gasteiger partial charge in [0.1, 0.15) is 0 Å². The fraction of sp³-hybridized carbons (Fsp3) is 0.0714. The minimum atomic E-state index is -1.12. The minimum absolute atomic E-state index is 0.00540. The number of aromatic carboxylic acids is 1. The smallest absolute Gasteiger partial charge is 0.337 e. The first kappa shape index (κ1) is 15.1. The summed E-state index contributed by atoms with van der Waals surface area (Å²) in [5.41, 5.74) is 6.65. The number of halogens is 1. The average Bonchev–Trinajstić information content (AvgIpc) is 2.48. The van der Waals surface area contributed by atoms with Crippen LogP contribution in [0.3, 0.4) is 0 Å². The van der Waals surface area contributed by atoms with Gasteiger partial charge in [-0.2, -0.15) is 0 Å². The quantitative estimate of drug-likeness (QED) is 0.784. The molecule has 0 unspecified atom stereocenters. The monoisotopic (exact) mass is 349 g/mol. The van der Waals surface area contributed by atoms with Crippen LogP contribution in [0.15, 0.2) is 41.0 Å². The Morgan fingerprint density at radius 2 is 2.05 bits per heavy atom. The zero-order valence-electron chi connectivity index (χ0n) is 10.8. The van der Waals surface area contributed by atoms with Crippen molar-refractivity contribution in [2.45, 2.75) is 6.54 Å². The molecule has 2 aromatic rings. The standard InChI is InChI=1S/C14H12BrN3O3/c15-9-1-2-12(11(6-9)14(20)21)18-13(19)8-3-4-17-10(5-8)7-16/h1-6H,7,16H2,(H,18,19)(H,20,21). The summed E-state index contributed by atoms with van der Waals surface area (Å²) >= 11 is 3.20. The molecule has 4 N–H and O–H groups in total. The van der Waals surface area contributed by atoms with E-state index in [4.69, 9.17) is 10.8 Å². The Morgan fingerprint density at radius 3 is 2.71 bits per heavy atom. The molecule has 1 aromatic heterocycles. The molecule has 0 spiro atoms. The van der Waals surface area contributed by atoms with Crippen molar-refractivity contribution in [3.8, 4) is 0 Å². The number of carboxylic acids is 1. The van der Waals surface area contributed by atoms with Gasteiger partial charge in [0, 0.05) is 22.8 Å². The Hall–Kier alpha value is -2.25. The number of carbonyl (C=O) groups excluding carboxylic acids is 1. The normalized spacial score (nSPS) is 10.2. The van der Waals surface area contributed by atoms with Crippen LogP contribution in [0.4, 0.5) is 5.69 Å². The number of carbonyl (C=O) groups is 2. The van der Waals surface area contributed by atoms with Crippen molar-refractivity contribution in [2.75, 3.05) is 5.32 Å². The number of rotatable bonds is 4. The summed E-state index contributed by atoms with van der Waals surface area (Å²) in [6, 6.07) is 7.70. The van der Waals surface area contributed by atoms with Gasteiger partial charge in [0.2, 0.25) is 0 Å². The molecule has 0 radical (unpaired) electrons. The number of carboxylic acid groups (broad SMARTS) is 1. The van der Waals surface area contributed by atoms with Crippen LogP contribution in [-0.4, -0.2) is 22.0 Å². The maximum Gasteiger partial charge on any atom is 0.337 e. The molecule has 0 saturated carbocycles. The van der Waals surface area contributed by atoms with E-state index in [-0.39, 0.29) is 17.8 Å². The molecule has 1 heterocycles. The number of amides is 1. The van der Waals surface area contributed by atoms with Crippen molar-refractivity contribution in [1.29, 1.82) is 0 Å². The Labute approximate surface area is 129 Å². The number of nitrogens with two attached hydrogens (primary N) is 1. The third kappa shape index (κ3) is 3.65. The molecule has 1 amide bonds. The Morgan fingerprint density at radius 1 is 1.29 bits per heavy atom. The molecule has 2 rings (SSSR count). The second kappa shape index (κ2) is 6.47. The second-order valence-electron chi connectivity index (χ2n) is 4.19. The van der Waals surface area contributed by atoms with Gasteiger partial charge in [-0.3, -0.25) is 9.78 Å². The molecular formula is C14H12BrN3O3. The van der Waals surface area contributed by atoms with Gasteiger partial charge in [0.15, 0.2) is 0 Å². The van der Waals surface area contributed by atoms with E-state index in [1.807, 2.05) is 0 Å². The fourth-order valence-corrected chi connectivity index (χ4v) is 2.09. The summed E-state index contributed by atoms with van der Waals surface area (Å²) in [5.74, 6) is -1.54. The molecule has 1 aromatic carbocycles. The first-order chi connectivity index (χ1) is 10.0. The lowest BCUT2D eigenvalue weighted by atomic mass is 10.1. The predicted molar refractivity (Wildman–Crippen MR) is 81.2 cm³/mol. The molecule has 0 bridgehead atoms. The zero-order chi connectivity index (χ0) is 15.4. The maximum atomic E-state index is 12.2. The summed E-state index contributed by atoms with van der Waals surface area (Å²) < 4.78 is 0.618. The van der Waals surface area contributed by atoms with E-state index < -0.39 is 11.9 Å². The van der Waals surface area contributed by atoms with Crippen LogP contribution in [0, 0.1) is 0 Å². The summed E-state index contributed by atoms with van der Waals surface area (Å²) in [6.45, 7) is 0.222. The van der Waals surface area contributed by atoms with E-state index >= 15 is 0 Å². The number of benzene rings is 1. The number of pyridine rings is 1. The number of hydrogen-bond acceptors (Lipinski definition) is 4. The number of hydrogen-bond donors (Lipinski definition) is 3. The molecule has 7 heteroatoms. The summed E-state index contributed by atoms with van der Waals surface area (Å²) in [6.07, 6.45) is 1.48. The van der Waals surface area contributed by atoms with Crippen LogP contribution >= 0.6 is 15.9 Å². The summed E-state index contributed by atoms with van der Waals surface area (Å²) in [7, 11) is 0. The van der Waals surface area contributed by atoms with Gasteiger partial charge in [0.05, 0.1) is 16.9 Å². The van der Waals surface area contributed by atoms with Crippen molar-refractivity contribution in [1.82, 2.24) is 4.98 Å². The van der Waals surface area contributed by atoms with Crippen LogP contribution in [-0.2, 0) is 6.54 Å². The Balaban J connectivity index is 2.29. The van der Waals surface area contributed by atoms with E-state index in [0.717, 1.165) is 0 Å².